The number of nitrogens with two attached hydrogens (primary N) is 1. The van der Waals surface area contributed by atoms with Crippen LogP contribution in [0, 0.1) is 6.92 Å². The molecule has 0 aromatic heterocycles. The molecular formula is C11H16BrNO2. The molecule has 0 amide bonds. The SMILES string of the molecule is COc1cc(C(O)C(C)N)c(Br)cc1C. The first-order valence-electron chi connectivity index (χ1n) is 4.75. The van der Waals surface area contributed by atoms with Gasteiger partial charge in [0, 0.05) is 10.5 Å². The van der Waals surface area contributed by atoms with Gasteiger partial charge >= 0.3 is 0 Å². The second-order valence-corrected chi connectivity index (χ2v) is 4.50. The molecule has 3 nitrogen and oxygen atoms in total. The smallest absolute Gasteiger partial charge is 0.122 e. The largest absolute Gasteiger partial charge is 0.496 e. The molecular weight excluding hydrogens is 258 g/mol. The third-order valence-electron chi connectivity index (χ3n) is 2.33. The van der Waals surface area contributed by atoms with Crippen LogP contribution in [0.25, 0.3) is 0 Å². The number of hydrogen-bond acceptors (Lipinski definition) is 3. The molecule has 15 heavy (non-hydrogen) atoms. The van der Waals surface area contributed by atoms with E-state index >= 15 is 0 Å². The Morgan fingerprint density at radius 1 is 1.47 bits per heavy atom. The Hall–Kier alpha value is -0.580. The van der Waals surface area contributed by atoms with Crippen molar-refractivity contribution in [3.63, 3.8) is 0 Å². The summed E-state index contributed by atoms with van der Waals surface area (Å²) < 4.78 is 6.05. The van der Waals surface area contributed by atoms with Crippen molar-refractivity contribution >= 4 is 15.9 Å². The van der Waals surface area contributed by atoms with Crippen LogP contribution in [0.15, 0.2) is 16.6 Å². The van der Waals surface area contributed by atoms with Crippen molar-refractivity contribution in [3.8, 4) is 5.75 Å². The van der Waals surface area contributed by atoms with Gasteiger partial charge in [-0.25, -0.2) is 0 Å². The van der Waals surface area contributed by atoms with Crippen LogP contribution in [0.3, 0.4) is 0 Å². The van der Waals surface area contributed by atoms with Gasteiger partial charge in [-0.1, -0.05) is 15.9 Å². The van der Waals surface area contributed by atoms with Crippen molar-refractivity contribution in [1.29, 1.82) is 0 Å². The lowest BCUT2D eigenvalue weighted by Gasteiger charge is -2.18. The first-order chi connectivity index (χ1) is 6.97. The van der Waals surface area contributed by atoms with Gasteiger partial charge < -0.3 is 15.6 Å². The Morgan fingerprint density at radius 3 is 2.53 bits per heavy atom. The first-order valence-corrected chi connectivity index (χ1v) is 5.54. The summed E-state index contributed by atoms with van der Waals surface area (Å²) in [4.78, 5) is 0. The summed E-state index contributed by atoms with van der Waals surface area (Å²) in [5, 5.41) is 9.88. The Bertz CT molecular complexity index is 353. The van der Waals surface area contributed by atoms with Crippen LogP contribution in [-0.2, 0) is 0 Å². The molecule has 0 aliphatic carbocycles. The van der Waals surface area contributed by atoms with Crippen LogP contribution < -0.4 is 10.5 Å². The molecule has 0 radical (unpaired) electrons. The van der Waals surface area contributed by atoms with E-state index < -0.39 is 6.10 Å². The molecule has 4 heteroatoms. The number of methoxy groups -OCH3 is 1. The van der Waals surface area contributed by atoms with Gasteiger partial charge in [0.15, 0.2) is 0 Å². The van der Waals surface area contributed by atoms with Gasteiger partial charge in [0.25, 0.3) is 0 Å². The number of rotatable bonds is 3. The fourth-order valence-corrected chi connectivity index (χ4v) is 2.09. The Morgan fingerprint density at radius 2 is 2.07 bits per heavy atom. The maximum atomic E-state index is 9.88. The molecule has 2 unspecified atom stereocenters. The molecule has 0 aliphatic heterocycles. The molecule has 2 atom stereocenters. The quantitative estimate of drug-likeness (QED) is 0.888. The third kappa shape index (κ3) is 2.71. The standard InChI is InChI=1S/C11H16BrNO2/c1-6-4-9(12)8(5-10(6)15-3)11(14)7(2)13/h4-5,7,11,14H,13H2,1-3H3. The Balaban J connectivity index is 3.18. The Labute approximate surface area is 98.4 Å². The average molecular weight is 274 g/mol. The average Bonchev–Trinajstić information content (AvgIpc) is 2.17. The Kier molecular flexibility index (Phi) is 4.13. The van der Waals surface area contributed by atoms with Gasteiger partial charge in [0.2, 0.25) is 0 Å². The lowest BCUT2D eigenvalue weighted by Crippen LogP contribution is -2.24. The van der Waals surface area contributed by atoms with Crippen molar-refractivity contribution in [2.75, 3.05) is 7.11 Å². The van der Waals surface area contributed by atoms with Crippen molar-refractivity contribution in [2.45, 2.75) is 26.0 Å². The van der Waals surface area contributed by atoms with E-state index in [9.17, 15) is 5.11 Å². The van der Waals surface area contributed by atoms with Gasteiger partial charge in [-0.15, -0.1) is 0 Å². The van der Waals surface area contributed by atoms with E-state index in [0.29, 0.717) is 0 Å². The maximum absolute atomic E-state index is 9.88. The van der Waals surface area contributed by atoms with Gasteiger partial charge in [0.1, 0.15) is 5.75 Å². The number of benzene rings is 1. The normalized spacial score (nSPS) is 14.8. The van der Waals surface area contributed by atoms with Gasteiger partial charge in [-0.3, -0.25) is 0 Å². The van der Waals surface area contributed by atoms with E-state index in [4.69, 9.17) is 10.5 Å². The van der Waals surface area contributed by atoms with Crippen LogP contribution in [0.5, 0.6) is 5.75 Å². The molecule has 0 heterocycles. The number of aliphatic hydroxyl groups is 1. The first kappa shape index (κ1) is 12.5. The minimum atomic E-state index is -0.686. The lowest BCUT2D eigenvalue weighted by atomic mass is 10.0. The molecule has 1 rings (SSSR count). The minimum absolute atomic E-state index is 0.311. The van der Waals surface area contributed by atoms with Crippen molar-refractivity contribution in [3.05, 3.63) is 27.7 Å². The second kappa shape index (κ2) is 4.96. The van der Waals surface area contributed by atoms with Crippen molar-refractivity contribution in [2.24, 2.45) is 5.73 Å². The fraction of sp³-hybridized carbons (Fsp3) is 0.455. The second-order valence-electron chi connectivity index (χ2n) is 3.65. The van der Waals surface area contributed by atoms with Crippen LogP contribution in [0.1, 0.15) is 24.2 Å². The monoisotopic (exact) mass is 273 g/mol. The zero-order chi connectivity index (χ0) is 11.6. The number of hydrogen-bond donors (Lipinski definition) is 2. The van der Waals surface area contributed by atoms with Gasteiger partial charge in [0.05, 0.1) is 13.2 Å². The number of halogens is 1. The number of aliphatic hydroxyl groups excluding tert-OH is 1. The van der Waals surface area contributed by atoms with E-state index in [1.54, 1.807) is 14.0 Å². The highest BCUT2D eigenvalue weighted by atomic mass is 79.9. The van der Waals surface area contributed by atoms with Crippen LogP contribution in [-0.4, -0.2) is 18.3 Å². The summed E-state index contributed by atoms with van der Waals surface area (Å²) in [6.07, 6.45) is -0.686. The van der Waals surface area contributed by atoms with E-state index in [2.05, 4.69) is 15.9 Å². The summed E-state index contributed by atoms with van der Waals surface area (Å²) in [7, 11) is 1.61. The van der Waals surface area contributed by atoms with Crippen molar-refractivity contribution < 1.29 is 9.84 Å². The van der Waals surface area contributed by atoms with Crippen LogP contribution >= 0.6 is 15.9 Å². The predicted octanol–water partition coefficient (Wildman–Crippen LogP) is 2.15. The molecule has 0 saturated heterocycles. The summed E-state index contributed by atoms with van der Waals surface area (Å²) in [5.74, 6) is 0.757. The van der Waals surface area contributed by atoms with E-state index in [-0.39, 0.29) is 6.04 Å². The molecule has 0 fully saturated rings. The predicted molar refractivity (Wildman–Crippen MR) is 64.0 cm³/mol. The molecule has 0 spiro atoms. The van der Waals surface area contributed by atoms with Gasteiger partial charge in [-0.05, 0) is 37.1 Å². The van der Waals surface area contributed by atoms with E-state index in [1.807, 2.05) is 19.1 Å². The minimum Gasteiger partial charge on any atom is -0.496 e. The van der Waals surface area contributed by atoms with Gasteiger partial charge in [-0.2, -0.15) is 0 Å². The van der Waals surface area contributed by atoms with E-state index in [1.165, 1.54) is 0 Å². The van der Waals surface area contributed by atoms with Crippen LogP contribution in [0.2, 0.25) is 0 Å². The van der Waals surface area contributed by atoms with E-state index in [0.717, 1.165) is 21.3 Å². The summed E-state index contributed by atoms with van der Waals surface area (Å²) >= 11 is 3.41. The van der Waals surface area contributed by atoms with Crippen LogP contribution in [0.4, 0.5) is 0 Å². The third-order valence-corrected chi connectivity index (χ3v) is 3.02. The molecule has 0 bridgehead atoms. The molecule has 1 aromatic carbocycles. The highest BCUT2D eigenvalue weighted by Gasteiger charge is 2.17. The summed E-state index contributed by atoms with van der Waals surface area (Å²) in [5.41, 5.74) is 7.43. The molecule has 3 N–H and O–H groups in total. The number of ether oxygens (including phenoxy) is 1. The van der Waals surface area contributed by atoms with Crippen molar-refractivity contribution in [1.82, 2.24) is 0 Å². The highest BCUT2D eigenvalue weighted by Crippen LogP contribution is 2.31. The summed E-state index contributed by atoms with van der Waals surface area (Å²) in [6.45, 7) is 3.72. The highest BCUT2D eigenvalue weighted by molar-refractivity contribution is 9.10. The topological polar surface area (TPSA) is 55.5 Å². The maximum Gasteiger partial charge on any atom is 0.122 e. The lowest BCUT2D eigenvalue weighted by molar-refractivity contribution is 0.152. The molecule has 1 aromatic rings. The summed E-state index contributed by atoms with van der Waals surface area (Å²) in [6, 6.07) is 3.42. The fourth-order valence-electron chi connectivity index (χ4n) is 1.40. The number of aryl methyl sites for hydroxylation is 1. The zero-order valence-corrected chi connectivity index (χ0v) is 10.7. The molecule has 0 saturated carbocycles. The molecule has 0 aliphatic rings. The zero-order valence-electron chi connectivity index (χ0n) is 9.12. The molecule has 84 valence electrons.